The highest BCUT2D eigenvalue weighted by Crippen LogP contribution is 2.58. The third kappa shape index (κ3) is 6.58. The van der Waals surface area contributed by atoms with Crippen LogP contribution >= 0.6 is 0 Å². The number of hydrogen-bond acceptors (Lipinski definition) is 11. The van der Waals surface area contributed by atoms with Gasteiger partial charge in [-0.2, -0.15) is 4.98 Å². The third-order valence-electron chi connectivity index (χ3n) is 13.0. The topological polar surface area (TPSA) is 183 Å². The second kappa shape index (κ2) is 14.5. The molecule has 1 spiro atoms. The molecule has 4 aliphatic rings. The van der Waals surface area contributed by atoms with Crippen molar-refractivity contribution in [3.8, 4) is 11.3 Å². The smallest absolute Gasteiger partial charge is 0.293 e. The van der Waals surface area contributed by atoms with Crippen molar-refractivity contribution in [2.75, 3.05) is 36.0 Å². The molecule has 6 aromatic rings. The Labute approximate surface area is 356 Å². The molecule has 0 bridgehead atoms. The van der Waals surface area contributed by atoms with E-state index in [0.29, 0.717) is 40.3 Å². The van der Waals surface area contributed by atoms with Crippen molar-refractivity contribution in [1.29, 1.82) is 0 Å². The minimum absolute atomic E-state index is 0.0221. The van der Waals surface area contributed by atoms with Crippen molar-refractivity contribution in [3.63, 3.8) is 0 Å². The number of aromatic amines is 1. The van der Waals surface area contributed by atoms with Crippen LogP contribution in [0.15, 0.2) is 59.4 Å². The molecule has 2 saturated heterocycles. The van der Waals surface area contributed by atoms with Crippen LogP contribution in [0.25, 0.3) is 33.2 Å². The van der Waals surface area contributed by atoms with Gasteiger partial charge in [0.15, 0.2) is 0 Å². The molecule has 3 N–H and O–H groups in total. The van der Waals surface area contributed by atoms with Crippen LogP contribution in [0.3, 0.4) is 0 Å². The number of fused-ring (bicyclic) bond motifs is 5. The first-order valence-electron chi connectivity index (χ1n) is 21.2. The van der Waals surface area contributed by atoms with Crippen molar-refractivity contribution >= 4 is 56.9 Å². The Morgan fingerprint density at radius 1 is 1.03 bits per heavy atom. The van der Waals surface area contributed by atoms with Gasteiger partial charge in [-0.1, -0.05) is 50.2 Å². The normalized spacial score (nSPS) is 19.4. The maximum absolute atomic E-state index is 16.4. The van der Waals surface area contributed by atoms with E-state index in [9.17, 15) is 19.2 Å². The SMILES string of the molecule is Cc1c([C@@H](C)NC(=O)c2noc(C(C)(C)C)n2)ccc(-c2ncnc3[nH]c4cc(N5CCN(Cc6ccc7c(c6)C6(CC6)C(=O)N7C6CCC(=O)NC6=O)CC5)ccc4c23)c1F. The Morgan fingerprint density at radius 2 is 1.82 bits per heavy atom. The molecule has 1 saturated carbocycles. The predicted octanol–water partition coefficient (Wildman–Crippen LogP) is 5.90. The van der Waals surface area contributed by atoms with Gasteiger partial charge in [-0.25, -0.2) is 14.4 Å². The van der Waals surface area contributed by atoms with Crippen molar-refractivity contribution < 1.29 is 28.1 Å². The molecule has 3 aromatic carbocycles. The molecular weight excluding hydrogens is 792 g/mol. The number of aromatic nitrogens is 5. The summed E-state index contributed by atoms with van der Waals surface area (Å²) >= 11 is 0. The highest BCUT2D eigenvalue weighted by atomic mass is 19.1. The fourth-order valence-corrected chi connectivity index (χ4v) is 9.43. The minimum Gasteiger partial charge on any atom is -0.369 e. The Morgan fingerprint density at radius 3 is 2.55 bits per heavy atom. The van der Waals surface area contributed by atoms with E-state index in [4.69, 9.17) is 4.52 Å². The van der Waals surface area contributed by atoms with Crippen molar-refractivity contribution in [2.24, 2.45) is 0 Å². The molecule has 15 nitrogen and oxygen atoms in total. The van der Waals surface area contributed by atoms with Crippen LogP contribution in [0.5, 0.6) is 0 Å². The molecule has 3 fully saturated rings. The number of anilines is 2. The summed E-state index contributed by atoms with van der Waals surface area (Å²) in [5.74, 6) is -1.39. The molecule has 3 aliphatic heterocycles. The average Bonchev–Trinajstić information content (AvgIpc) is 3.61. The van der Waals surface area contributed by atoms with E-state index in [1.807, 2.05) is 39.0 Å². The van der Waals surface area contributed by atoms with Gasteiger partial charge in [0.05, 0.1) is 22.5 Å². The van der Waals surface area contributed by atoms with Gasteiger partial charge in [0.2, 0.25) is 23.6 Å². The number of amides is 4. The van der Waals surface area contributed by atoms with E-state index in [1.165, 1.54) is 6.33 Å². The summed E-state index contributed by atoms with van der Waals surface area (Å²) in [5, 5.41) is 10.7. The number of piperidine rings is 1. The lowest BCUT2D eigenvalue weighted by molar-refractivity contribution is -0.135. The predicted molar refractivity (Wildman–Crippen MR) is 229 cm³/mol. The third-order valence-corrected chi connectivity index (χ3v) is 13.0. The molecule has 1 unspecified atom stereocenters. The summed E-state index contributed by atoms with van der Waals surface area (Å²) < 4.78 is 21.6. The van der Waals surface area contributed by atoms with Gasteiger partial charge >= 0.3 is 0 Å². The zero-order chi connectivity index (χ0) is 43.2. The van der Waals surface area contributed by atoms with Gasteiger partial charge in [-0.15, -0.1) is 0 Å². The van der Waals surface area contributed by atoms with Crippen molar-refractivity contribution in [2.45, 2.75) is 89.8 Å². The summed E-state index contributed by atoms with van der Waals surface area (Å²) in [5.41, 5.74) is 6.33. The lowest BCUT2D eigenvalue weighted by Crippen LogP contribution is -2.54. The van der Waals surface area contributed by atoms with Gasteiger partial charge in [0.1, 0.15) is 23.8 Å². The number of benzene rings is 3. The average molecular weight is 839 g/mol. The van der Waals surface area contributed by atoms with Crippen molar-refractivity contribution in [3.05, 3.63) is 94.6 Å². The highest BCUT2D eigenvalue weighted by Gasteiger charge is 2.61. The fourth-order valence-electron chi connectivity index (χ4n) is 9.43. The second-order valence-electron chi connectivity index (χ2n) is 18.1. The standard InChI is InChI=1S/C46H47FN10O5/c1-24-28(25(2)50-42(60)40-53-43(62-54-40)45(3,4)5)9-10-30(37(24)47)38-36-29-8-7-27(21-32(29)51-39(36)49-23-48-38)56-18-16-55(17-19-56)22-26-6-11-33-31(20-26)46(14-15-46)44(61)57(33)34-12-13-35(58)52-41(34)59/h6-11,20-21,23,25,34H,12-19,22H2,1-5H3,(H,50,60)(H,48,49,51)(H,52,58,59)/t25-,34?/m1/s1. The summed E-state index contributed by atoms with van der Waals surface area (Å²) in [6, 6.07) is 14.7. The Kier molecular flexibility index (Phi) is 9.28. The van der Waals surface area contributed by atoms with Crippen LogP contribution in [0, 0.1) is 12.7 Å². The minimum atomic E-state index is -0.660. The van der Waals surface area contributed by atoms with E-state index < -0.39 is 40.5 Å². The van der Waals surface area contributed by atoms with E-state index in [1.54, 1.807) is 24.8 Å². The molecule has 318 valence electrons. The first-order valence-corrected chi connectivity index (χ1v) is 21.2. The molecule has 0 radical (unpaired) electrons. The van der Waals surface area contributed by atoms with E-state index in [-0.39, 0.29) is 24.1 Å². The number of nitrogens with one attached hydrogen (secondary N) is 3. The first kappa shape index (κ1) is 39.6. The number of carbonyl (C=O) groups is 4. The number of carbonyl (C=O) groups excluding carboxylic acids is 4. The van der Waals surface area contributed by atoms with Crippen LogP contribution in [0.1, 0.15) is 98.2 Å². The maximum atomic E-state index is 16.4. The number of halogens is 1. The number of piperazine rings is 1. The lowest BCUT2D eigenvalue weighted by Gasteiger charge is -2.36. The Bertz CT molecular complexity index is 2850. The quantitative estimate of drug-likeness (QED) is 0.155. The van der Waals surface area contributed by atoms with Gasteiger partial charge in [-0.3, -0.25) is 34.3 Å². The summed E-state index contributed by atoms with van der Waals surface area (Å²) in [7, 11) is 0. The van der Waals surface area contributed by atoms with Crippen LogP contribution in [0.4, 0.5) is 15.8 Å². The monoisotopic (exact) mass is 838 g/mol. The van der Waals surface area contributed by atoms with Gasteiger partial charge in [0, 0.05) is 72.4 Å². The van der Waals surface area contributed by atoms with Crippen LogP contribution < -0.4 is 20.4 Å². The van der Waals surface area contributed by atoms with E-state index in [2.05, 4.69) is 69.8 Å². The van der Waals surface area contributed by atoms with Gasteiger partial charge < -0.3 is 19.7 Å². The van der Waals surface area contributed by atoms with E-state index in [0.717, 1.165) is 84.4 Å². The second-order valence-corrected chi connectivity index (χ2v) is 18.1. The number of nitrogens with zero attached hydrogens (tertiary/aromatic N) is 7. The number of rotatable bonds is 8. The maximum Gasteiger partial charge on any atom is 0.293 e. The Hall–Kier alpha value is -6.55. The molecule has 2 atom stereocenters. The lowest BCUT2D eigenvalue weighted by atomic mass is 9.96. The molecular formula is C46H47FN10O5. The summed E-state index contributed by atoms with van der Waals surface area (Å²) in [4.78, 5) is 74.5. The number of H-pyrrole nitrogens is 1. The Balaban J connectivity index is 0.827. The molecule has 10 rings (SSSR count). The summed E-state index contributed by atoms with van der Waals surface area (Å²) in [6.45, 7) is 13.3. The zero-order valence-corrected chi connectivity index (χ0v) is 35.3. The molecule has 16 heteroatoms. The fraction of sp³-hybridized carbons (Fsp3) is 0.391. The highest BCUT2D eigenvalue weighted by molar-refractivity contribution is 6.15. The molecule has 3 aromatic heterocycles. The largest absolute Gasteiger partial charge is 0.369 e. The van der Waals surface area contributed by atoms with E-state index >= 15 is 4.39 Å². The van der Waals surface area contributed by atoms with Crippen LogP contribution in [-0.2, 0) is 31.8 Å². The summed E-state index contributed by atoms with van der Waals surface area (Å²) in [6.07, 6.45) is 3.54. The number of imide groups is 1. The first-order chi connectivity index (χ1) is 29.7. The van der Waals surface area contributed by atoms with Crippen LogP contribution in [0.2, 0.25) is 0 Å². The zero-order valence-electron chi connectivity index (χ0n) is 35.3. The van der Waals surface area contributed by atoms with Gasteiger partial charge in [-0.05, 0) is 79.6 Å². The molecule has 6 heterocycles. The molecule has 4 amide bonds. The molecule has 1 aliphatic carbocycles. The van der Waals surface area contributed by atoms with Crippen molar-refractivity contribution in [1.82, 2.24) is 40.6 Å². The molecule has 62 heavy (non-hydrogen) atoms. The van der Waals surface area contributed by atoms with Gasteiger partial charge in [0.25, 0.3) is 11.7 Å². The number of hydrogen-bond donors (Lipinski definition) is 3. The van der Waals surface area contributed by atoms with Crippen LogP contribution in [-0.4, -0.2) is 85.8 Å².